The van der Waals surface area contributed by atoms with Gasteiger partial charge in [-0.1, -0.05) is 0 Å². The molecule has 1 aliphatic heterocycles. The minimum absolute atomic E-state index is 0.0145. The zero-order valence-electron chi connectivity index (χ0n) is 11.2. The lowest BCUT2D eigenvalue weighted by Gasteiger charge is -2.12. The number of ether oxygens (including phenoxy) is 2. The third-order valence-corrected chi connectivity index (χ3v) is 2.89. The molecule has 1 aromatic carbocycles. The lowest BCUT2D eigenvalue weighted by atomic mass is 10.2. The van der Waals surface area contributed by atoms with E-state index in [0.717, 1.165) is 19.4 Å². The largest absolute Gasteiger partial charge is 0.488 e. The second-order valence-corrected chi connectivity index (χ2v) is 4.39. The number of nitriles is 2. The Bertz CT molecular complexity index is 596. The number of hydrazone groups is 1. The van der Waals surface area contributed by atoms with Crippen LogP contribution in [-0.2, 0) is 4.74 Å². The zero-order valence-corrected chi connectivity index (χ0v) is 11.2. The zero-order chi connectivity index (χ0) is 15.1. The molecule has 0 spiro atoms. The minimum Gasteiger partial charge on any atom is -0.488 e. The van der Waals surface area contributed by atoms with Crippen LogP contribution in [0.15, 0.2) is 23.3 Å². The summed E-state index contributed by atoms with van der Waals surface area (Å²) in [4.78, 5) is 0. The van der Waals surface area contributed by atoms with Crippen LogP contribution < -0.4 is 10.2 Å². The van der Waals surface area contributed by atoms with Gasteiger partial charge in [0, 0.05) is 12.7 Å². The maximum Gasteiger partial charge on any atom is 0.237 e. The number of nitrogens with one attached hydrogen (secondary N) is 1. The monoisotopic (exact) mass is 288 g/mol. The van der Waals surface area contributed by atoms with E-state index < -0.39 is 5.82 Å². The van der Waals surface area contributed by atoms with E-state index in [1.807, 2.05) is 0 Å². The third kappa shape index (κ3) is 4.16. The van der Waals surface area contributed by atoms with Crippen molar-refractivity contribution in [1.82, 2.24) is 0 Å². The molecule has 108 valence electrons. The number of benzene rings is 1. The summed E-state index contributed by atoms with van der Waals surface area (Å²) in [6, 6.07) is 7.37. The van der Waals surface area contributed by atoms with Crippen molar-refractivity contribution in [3.8, 4) is 17.9 Å². The van der Waals surface area contributed by atoms with E-state index >= 15 is 0 Å². The summed E-state index contributed by atoms with van der Waals surface area (Å²) in [7, 11) is 0. The van der Waals surface area contributed by atoms with Crippen LogP contribution in [0.2, 0.25) is 0 Å². The molecule has 2 rings (SSSR count). The fraction of sp³-hybridized carbons (Fsp3) is 0.357. The van der Waals surface area contributed by atoms with Crippen LogP contribution in [0.5, 0.6) is 5.75 Å². The number of hydrogen-bond acceptors (Lipinski definition) is 6. The number of nitrogens with zero attached hydrogens (tertiary/aromatic N) is 3. The second-order valence-electron chi connectivity index (χ2n) is 4.39. The topological polar surface area (TPSA) is 90.4 Å². The van der Waals surface area contributed by atoms with Crippen molar-refractivity contribution in [3.05, 3.63) is 24.0 Å². The molecular formula is C14H13FN4O2. The molecule has 1 heterocycles. The van der Waals surface area contributed by atoms with Crippen molar-refractivity contribution < 1.29 is 13.9 Å². The van der Waals surface area contributed by atoms with Crippen LogP contribution in [0.25, 0.3) is 0 Å². The Hall–Kier alpha value is -2.64. The van der Waals surface area contributed by atoms with Crippen molar-refractivity contribution in [2.45, 2.75) is 18.9 Å². The molecule has 0 radical (unpaired) electrons. The lowest BCUT2D eigenvalue weighted by molar-refractivity contribution is 0.0666. The summed E-state index contributed by atoms with van der Waals surface area (Å²) < 4.78 is 24.6. The maximum atomic E-state index is 13.8. The molecule has 0 amide bonds. The Morgan fingerprint density at radius 3 is 2.90 bits per heavy atom. The molecule has 0 bridgehead atoms. The highest BCUT2D eigenvalue weighted by molar-refractivity contribution is 6.10. The predicted molar refractivity (Wildman–Crippen MR) is 73.2 cm³/mol. The fourth-order valence-corrected chi connectivity index (χ4v) is 1.84. The van der Waals surface area contributed by atoms with Gasteiger partial charge in [0.2, 0.25) is 5.71 Å². The Morgan fingerprint density at radius 2 is 2.29 bits per heavy atom. The molecular weight excluding hydrogens is 275 g/mol. The highest BCUT2D eigenvalue weighted by Gasteiger charge is 2.16. The van der Waals surface area contributed by atoms with Crippen molar-refractivity contribution >= 4 is 11.4 Å². The first-order valence-corrected chi connectivity index (χ1v) is 6.41. The summed E-state index contributed by atoms with van der Waals surface area (Å²) in [5.41, 5.74) is 2.42. The SMILES string of the molecule is N#CC(C#N)=NNc1ccc(OCC2CCCO2)c(F)c1. The van der Waals surface area contributed by atoms with E-state index in [1.54, 1.807) is 18.2 Å². The average Bonchev–Trinajstić information content (AvgIpc) is 3.01. The Labute approximate surface area is 121 Å². The molecule has 1 aliphatic rings. The lowest BCUT2D eigenvalue weighted by Crippen LogP contribution is -2.16. The van der Waals surface area contributed by atoms with Gasteiger partial charge < -0.3 is 9.47 Å². The molecule has 0 saturated carbocycles. The van der Waals surface area contributed by atoms with E-state index in [-0.39, 0.29) is 17.6 Å². The Morgan fingerprint density at radius 1 is 1.48 bits per heavy atom. The van der Waals surface area contributed by atoms with Gasteiger partial charge in [-0.3, -0.25) is 5.43 Å². The number of hydrogen-bond donors (Lipinski definition) is 1. The maximum absolute atomic E-state index is 13.8. The fourth-order valence-electron chi connectivity index (χ4n) is 1.84. The van der Waals surface area contributed by atoms with Crippen molar-refractivity contribution in [1.29, 1.82) is 10.5 Å². The van der Waals surface area contributed by atoms with Gasteiger partial charge in [-0.25, -0.2) is 4.39 Å². The van der Waals surface area contributed by atoms with Gasteiger partial charge >= 0.3 is 0 Å². The van der Waals surface area contributed by atoms with E-state index in [4.69, 9.17) is 20.0 Å². The molecule has 0 aromatic heterocycles. The van der Waals surface area contributed by atoms with Crippen molar-refractivity contribution in [3.63, 3.8) is 0 Å². The molecule has 7 heteroatoms. The van der Waals surface area contributed by atoms with Gasteiger partial charge in [-0.2, -0.15) is 15.6 Å². The quantitative estimate of drug-likeness (QED) is 0.662. The highest BCUT2D eigenvalue weighted by atomic mass is 19.1. The summed E-state index contributed by atoms with van der Waals surface area (Å²) in [6.07, 6.45) is 1.93. The van der Waals surface area contributed by atoms with Crippen molar-refractivity contribution in [2.75, 3.05) is 18.6 Å². The van der Waals surface area contributed by atoms with E-state index in [9.17, 15) is 4.39 Å². The second kappa shape index (κ2) is 7.22. The molecule has 1 N–H and O–H groups in total. The highest BCUT2D eigenvalue weighted by Crippen LogP contribution is 2.22. The van der Waals surface area contributed by atoms with Crippen LogP contribution in [0, 0.1) is 28.5 Å². The standard InChI is InChI=1S/C14H13FN4O2/c15-13-6-10(18-19-11(7-16)8-17)3-4-14(13)21-9-12-2-1-5-20-12/h3-4,6,12,18H,1-2,5,9H2. The normalized spacial score (nSPS) is 16.6. The minimum atomic E-state index is -0.552. The summed E-state index contributed by atoms with van der Waals surface area (Å²) in [6.45, 7) is 1.03. The van der Waals surface area contributed by atoms with Gasteiger partial charge in [0.25, 0.3) is 0 Å². The molecule has 6 nitrogen and oxygen atoms in total. The first-order chi connectivity index (χ1) is 10.2. The Balaban J connectivity index is 1.95. The first-order valence-electron chi connectivity index (χ1n) is 6.41. The first kappa shape index (κ1) is 14.8. The number of anilines is 1. The summed E-state index contributed by atoms with van der Waals surface area (Å²) in [5, 5.41) is 20.6. The van der Waals surface area contributed by atoms with Gasteiger partial charge in [0.05, 0.1) is 11.8 Å². The molecule has 1 saturated heterocycles. The number of rotatable bonds is 5. The van der Waals surface area contributed by atoms with Crippen LogP contribution >= 0.6 is 0 Å². The van der Waals surface area contributed by atoms with E-state index in [1.165, 1.54) is 12.1 Å². The molecule has 21 heavy (non-hydrogen) atoms. The summed E-state index contributed by atoms with van der Waals surface area (Å²) in [5.74, 6) is -0.426. The van der Waals surface area contributed by atoms with Gasteiger partial charge in [-0.15, -0.1) is 0 Å². The number of halogens is 1. The van der Waals surface area contributed by atoms with Crippen LogP contribution in [0.4, 0.5) is 10.1 Å². The molecule has 0 aliphatic carbocycles. The average molecular weight is 288 g/mol. The van der Waals surface area contributed by atoms with Gasteiger partial charge in [0.15, 0.2) is 11.6 Å². The third-order valence-electron chi connectivity index (χ3n) is 2.89. The van der Waals surface area contributed by atoms with Crippen LogP contribution in [-0.4, -0.2) is 25.0 Å². The van der Waals surface area contributed by atoms with E-state index in [0.29, 0.717) is 12.3 Å². The molecule has 1 atom stereocenters. The van der Waals surface area contributed by atoms with Crippen molar-refractivity contribution in [2.24, 2.45) is 5.10 Å². The smallest absolute Gasteiger partial charge is 0.237 e. The summed E-state index contributed by atoms with van der Waals surface area (Å²) >= 11 is 0. The predicted octanol–water partition coefficient (Wildman–Crippen LogP) is 2.20. The van der Waals surface area contributed by atoms with Crippen LogP contribution in [0.1, 0.15) is 12.8 Å². The molecule has 1 unspecified atom stereocenters. The van der Waals surface area contributed by atoms with Gasteiger partial charge in [-0.05, 0) is 25.0 Å². The molecule has 1 fully saturated rings. The molecule has 1 aromatic rings. The van der Waals surface area contributed by atoms with Gasteiger partial charge in [0.1, 0.15) is 18.7 Å². The van der Waals surface area contributed by atoms with Crippen LogP contribution in [0.3, 0.4) is 0 Å². The van der Waals surface area contributed by atoms with E-state index in [2.05, 4.69) is 10.5 Å². The Kier molecular flexibility index (Phi) is 5.08.